The van der Waals surface area contributed by atoms with Crippen LogP contribution in [0.25, 0.3) is 0 Å². The van der Waals surface area contributed by atoms with Crippen molar-refractivity contribution in [3.63, 3.8) is 0 Å². The van der Waals surface area contributed by atoms with E-state index in [-0.39, 0.29) is 17.1 Å². The van der Waals surface area contributed by atoms with Crippen LogP contribution in [0.5, 0.6) is 0 Å². The number of hydrogen-bond donors (Lipinski definition) is 2. The van der Waals surface area contributed by atoms with Gasteiger partial charge in [0.05, 0.1) is 9.82 Å². The lowest BCUT2D eigenvalue weighted by Gasteiger charge is -2.18. The summed E-state index contributed by atoms with van der Waals surface area (Å²) in [6.07, 6.45) is 7.10. The quantitative estimate of drug-likeness (QED) is 0.321. The van der Waals surface area contributed by atoms with Gasteiger partial charge in [0.25, 0.3) is 5.69 Å². The van der Waals surface area contributed by atoms with Gasteiger partial charge in [0.1, 0.15) is 0 Å². The molecular formula is C16H21N3O4S. The summed E-state index contributed by atoms with van der Waals surface area (Å²) >= 11 is 0. The largest absolute Gasteiger partial charge is 0.315 e. The highest BCUT2D eigenvalue weighted by molar-refractivity contribution is 7.89. The summed E-state index contributed by atoms with van der Waals surface area (Å²) in [6, 6.07) is 4.87. The highest BCUT2D eigenvalue weighted by Crippen LogP contribution is 2.42. The maximum absolute atomic E-state index is 12.1. The zero-order valence-electron chi connectivity index (χ0n) is 13.2. The van der Waals surface area contributed by atoms with E-state index in [1.807, 2.05) is 0 Å². The van der Waals surface area contributed by atoms with Gasteiger partial charge in [-0.1, -0.05) is 12.2 Å². The fourth-order valence-corrected chi connectivity index (χ4v) is 4.55. The molecule has 0 aromatic heterocycles. The summed E-state index contributed by atoms with van der Waals surface area (Å²) in [5, 5.41) is 13.9. The molecule has 3 unspecified atom stereocenters. The molecule has 24 heavy (non-hydrogen) atoms. The predicted octanol–water partition coefficient (Wildman–Crippen LogP) is 1.67. The average Bonchev–Trinajstić information content (AvgIpc) is 3.17. The van der Waals surface area contributed by atoms with Crippen LogP contribution in [0.2, 0.25) is 0 Å². The van der Waals surface area contributed by atoms with Crippen LogP contribution in [0.3, 0.4) is 0 Å². The topological polar surface area (TPSA) is 101 Å². The molecule has 0 radical (unpaired) electrons. The monoisotopic (exact) mass is 351 g/mol. The minimum absolute atomic E-state index is 0.0336. The molecular weight excluding hydrogens is 330 g/mol. The molecule has 130 valence electrons. The highest BCUT2D eigenvalue weighted by atomic mass is 32.2. The number of benzene rings is 1. The zero-order valence-corrected chi connectivity index (χ0v) is 14.0. The SMILES string of the molecule is O=[N+]([O-])c1ccc(S(=O)(=O)NCCNCC2CC3C=CC2C3)cc1. The second-order valence-corrected chi connectivity index (χ2v) is 8.16. The Morgan fingerprint density at radius 3 is 2.46 bits per heavy atom. The number of non-ortho nitro benzene ring substituents is 1. The molecule has 2 bridgehead atoms. The molecule has 0 spiro atoms. The van der Waals surface area contributed by atoms with Gasteiger partial charge in [0, 0.05) is 25.2 Å². The van der Waals surface area contributed by atoms with E-state index in [4.69, 9.17) is 0 Å². The van der Waals surface area contributed by atoms with Crippen LogP contribution in [0, 0.1) is 27.9 Å². The predicted molar refractivity (Wildman–Crippen MR) is 90.0 cm³/mol. The number of fused-ring (bicyclic) bond motifs is 2. The van der Waals surface area contributed by atoms with Crippen molar-refractivity contribution in [2.75, 3.05) is 19.6 Å². The summed E-state index contributed by atoms with van der Waals surface area (Å²) in [7, 11) is -3.63. The van der Waals surface area contributed by atoms with E-state index in [0.29, 0.717) is 18.4 Å². The molecule has 2 aliphatic carbocycles. The van der Waals surface area contributed by atoms with Crippen LogP contribution in [0.1, 0.15) is 12.8 Å². The molecule has 0 aliphatic heterocycles. The fourth-order valence-electron chi connectivity index (χ4n) is 3.52. The van der Waals surface area contributed by atoms with Crippen LogP contribution >= 0.6 is 0 Å². The van der Waals surface area contributed by atoms with Gasteiger partial charge in [-0.15, -0.1) is 0 Å². The van der Waals surface area contributed by atoms with E-state index in [0.717, 1.165) is 12.5 Å². The zero-order chi connectivity index (χ0) is 17.2. The minimum Gasteiger partial charge on any atom is -0.315 e. The molecule has 3 atom stereocenters. The van der Waals surface area contributed by atoms with E-state index >= 15 is 0 Å². The molecule has 1 aromatic rings. The first kappa shape index (κ1) is 17.1. The Kier molecular flexibility index (Phi) is 4.98. The molecule has 0 heterocycles. The van der Waals surface area contributed by atoms with Crippen LogP contribution in [0.4, 0.5) is 5.69 Å². The number of nitrogens with zero attached hydrogens (tertiary/aromatic N) is 1. The lowest BCUT2D eigenvalue weighted by atomic mass is 9.94. The number of nitro groups is 1. The summed E-state index contributed by atoms with van der Waals surface area (Å²) in [5.41, 5.74) is -0.129. The number of hydrogen-bond acceptors (Lipinski definition) is 5. The van der Waals surface area contributed by atoms with E-state index in [1.165, 1.54) is 37.1 Å². The molecule has 7 nitrogen and oxygen atoms in total. The second kappa shape index (κ2) is 7.00. The first-order valence-electron chi connectivity index (χ1n) is 8.09. The highest BCUT2D eigenvalue weighted by Gasteiger charge is 2.34. The number of rotatable bonds is 8. The van der Waals surface area contributed by atoms with Crippen molar-refractivity contribution in [2.24, 2.45) is 17.8 Å². The van der Waals surface area contributed by atoms with Gasteiger partial charge in [-0.2, -0.15) is 0 Å². The molecule has 3 rings (SSSR count). The lowest BCUT2D eigenvalue weighted by molar-refractivity contribution is -0.384. The Bertz CT molecular complexity index is 730. The third-order valence-electron chi connectivity index (χ3n) is 4.77. The van der Waals surface area contributed by atoms with Crippen molar-refractivity contribution in [3.05, 3.63) is 46.5 Å². The summed E-state index contributed by atoms with van der Waals surface area (Å²) < 4.78 is 26.7. The lowest BCUT2D eigenvalue weighted by Crippen LogP contribution is -2.34. The van der Waals surface area contributed by atoms with Gasteiger partial charge in [-0.3, -0.25) is 10.1 Å². The Balaban J connectivity index is 1.42. The normalized spacial score (nSPS) is 25.2. The van der Waals surface area contributed by atoms with E-state index < -0.39 is 14.9 Å². The van der Waals surface area contributed by atoms with Gasteiger partial charge >= 0.3 is 0 Å². The molecule has 1 aromatic carbocycles. The van der Waals surface area contributed by atoms with Crippen LogP contribution in [0.15, 0.2) is 41.3 Å². The Morgan fingerprint density at radius 1 is 1.12 bits per heavy atom. The van der Waals surface area contributed by atoms with Gasteiger partial charge in [0.15, 0.2) is 0 Å². The van der Waals surface area contributed by atoms with Crippen molar-refractivity contribution in [1.29, 1.82) is 0 Å². The van der Waals surface area contributed by atoms with E-state index in [2.05, 4.69) is 22.2 Å². The van der Waals surface area contributed by atoms with Crippen molar-refractivity contribution in [3.8, 4) is 0 Å². The van der Waals surface area contributed by atoms with Gasteiger partial charge < -0.3 is 5.32 Å². The average molecular weight is 351 g/mol. The maximum Gasteiger partial charge on any atom is 0.269 e. The maximum atomic E-state index is 12.1. The standard InChI is InChI=1S/C16H21N3O4S/c20-19(21)15-3-5-16(6-4-15)24(22,23)18-8-7-17-11-14-10-12-1-2-13(14)9-12/h1-6,12-14,17-18H,7-11H2. The first-order valence-corrected chi connectivity index (χ1v) is 9.57. The van der Waals surface area contributed by atoms with Gasteiger partial charge in [0.2, 0.25) is 10.0 Å². The van der Waals surface area contributed by atoms with Crippen LogP contribution < -0.4 is 10.0 Å². The molecule has 2 aliphatic rings. The summed E-state index contributed by atoms with van der Waals surface area (Å²) in [5.74, 6) is 2.08. The van der Waals surface area contributed by atoms with Gasteiger partial charge in [-0.25, -0.2) is 13.1 Å². The Morgan fingerprint density at radius 2 is 1.88 bits per heavy atom. The third kappa shape index (κ3) is 3.82. The summed E-state index contributed by atoms with van der Waals surface area (Å²) in [6.45, 7) is 1.75. The molecule has 8 heteroatoms. The second-order valence-electron chi connectivity index (χ2n) is 6.39. The van der Waals surface area contributed by atoms with E-state index in [9.17, 15) is 18.5 Å². The van der Waals surface area contributed by atoms with Crippen molar-refractivity contribution >= 4 is 15.7 Å². The van der Waals surface area contributed by atoms with Gasteiger partial charge in [-0.05, 0) is 49.3 Å². The fraction of sp³-hybridized carbons (Fsp3) is 0.500. The molecule has 1 saturated carbocycles. The van der Waals surface area contributed by atoms with Crippen molar-refractivity contribution < 1.29 is 13.3 Å². The molecule has 1 fully saturated rings. The number of sulfonamides is 1. The van der Waals surface area contributed by atoms with Crippen molar-refractivity contribution in [1.82, 2.24) is 10.0 Å². The number of nitro benzene ring substituents is 1. The van der Waals surface area contributed by atoms with Crippen LogP contribution in [-0.4, -0.2) is 33.0 Å². The van der Waals surface area contributed by atoms with E-state index in [1.54, 1.807) is 0 Å². The Hall–Kier alpha value is -1.77. The smallest absolute Gasteiger partial charge is 0.269 e. The number of allylic oxidation sites excluding steroid dienone is 2. The Labute approximate surface area is 141 Å². The summed E-state index contributed by atoms with van der Waals surface area (Å²) in [4.78, 5) is 10.1. The third-order valence-corrected chi connectivity index (χ3v) is 6.25. The first-order chi connectivity index (χ1) is 11.5. The molecule has 0 saturated heterocycles. The van der Waals surface area contributed by atoms with Crippen molar-refractivity contribution in [2.45, 2.75) is 17.7 Å². The van der Waals surface area contributed by atoms with Crippen LogP contribution in [-0.2, 0) is 10.0 Å². The molecule has 0 amide bonds. The molecule has 2 N–H and O–H groups in total. The minimum atomic E-state index is -3.63. The number of nitrogens with one attached hydrogen (secondary N) is 2.